The molecule has 18 heavy (non-hydrogen) atoms. The molecule has 0 bridgehead atoms. The third-order valence-corrected chi connectivity index (χ3v) is 3.85. The SMILES string of the molecule is CCCC1(C(=O)O)CCN(C(=O)CC(N)CC)C1. The molecule has 0 aromatic rings. The van der Waals surface area contributed by atoms with Gasteiger partial charge in [0.15, 0.2) is 0 Å². The van der Waals surface area contributed by atoms with Gasteiger partial charge in [0.05, 0.1) is 5.41 Å². The Bertz CT molecular complexity index is 319. The highest BCUT2D eigenvalue weighted by atomic mass is 16.4. The number of hydrogen-bond donors (Lipinski definition) is 2. The zero-order valence-electron chi connectivity index (χ0n) is 11.3. The second-order valence-electron chi connectivity index (χ2n) is 5.27. The Morgan fingerprint density at radius 3 is 2.61 bits per heavy atom. The fraction of sp³-hybridized carbons (Fsp3) is 0.846. The van der Waals surface area contributed by atoms with Crippen LogP contribution in [0.5, 0.6) is 0 Å². The Morgan fingerprint density at radius 2 is 2.11 bits per heavy atom. The van der Waals surface area contributed by atoms with Gasteiger partial charge in [-0.05, 0) is 19.3 Å². The summed E-state index contributed by atoms with van der Waals surface area (Å²) >= 11 is 0. The van der Waals surface area contributed by atoms with Crippen LogP contribution >= 0.6 is 0 Å². The number of hydrogen-bond acceptors (Lipinski definition) is 3. The average molecular weight is 256 g/mol. The lowest BCUT2D eigenvalue weighted by Gasteiger charge is -2.24. The molecule has 1 aliphatic rings. The Balaban J connectivity index is 2.63. The second kappa shape index (κ2) is 6.18. The van der Waals surface area contributed by atoms with E-state index in [2.05, 4.69) is 0 Å². The van der Waals surface area contributed by atoms with Crippen molar-refractivity contribution < 1.29 is 14.7 Å². The van der Waals surface area contributed by atoms with Crippen molar-refractivity contribution in [2.45, 2.75) is 52.0 Å². The monoisotopic (exact) mass is 256 g/mol. The molecule has 0 aromatic heterocycles. The van der Waals surface area contributed by atoms with Gasteiger partial charge in [-0.1, -0.05) is 20.3 Å². The first-order chi connectivity index (χ1) is 8.45. The van der Waals surface area contributed by atoms with Crippen molar-refractivity contribution in [3.63, 3.8) is 0 Å². The third-order valence-electron chi connectivity index (χ3n) is 3.85. The summed E-state index contributed by atoms with van der Waals surface area (Å²) in [4.78, 5) is 25.0. The van der Waals surface area contributed by atoms with Crippen molar-refractivity contribution in [1.29, 1.82) is 0 Å². The molecule has 1 rings (SSSR count). The van der Waals surface area contributed by atoms with Crippen LogP contribution in [0.25, 0.3) is 0 Å². The van der Waals surface area contributed by atoms with Crippen LogP contribution in [0, 0.1) is 5.41 Å². The predicted molar refractivity (Wildman–Crippen MR) is 69.1 cm³/mol. The number of likely N-dealkylation sites (tertiary alicyclic amines) is 1. The Hall–Kier alpha value is -1.10. The summed E-state index contributed by atoms with van der Waals surface area (Å²) in [7, 11) is 0. The van der Waals surface area contributed by atoms with Gasteiger partial charge < -0.3 is 15.7 Å². The zero-order chi connectivity index (χ0) is 13.8. The van der Waals surface area contributed by atoms with Crippen LogP contribution < -0.4 is 5.73 Å². The summed E-state index contributed by atoms with van der Waals surface area (Å²) in [5.41, 5.74) is 5.03. The summed E-state index contributed by atoms with van der Waals surface area (Å²) in [5.74, 6) is -0.789. The summed E-state index contributed by atoms with van der Waals surface area (Å²) in [6.07, 6.45) is 3.09. The number of carbonyl (C=O) groups excluding carboxylic acids is 1. The minimum atomic E-state index is -0.778. The van der Waals surface area contributed by atoms with E-state index in [1.54, 1.807) is 4.90 Å². The maximum absolute atomic E-state index is 12.0. The quantitative estimate of drug-likeness (QED) is 0.748. The number of nitrogens with two attached hydrogens (primary N) is 1. The van der Waals surface area contributed by atoms with E-state index in [1.807, 2.05) is 13.8 Å². The summed E-state index contributed by atoms with van der Waals surface area (Å²) < 4.78 is 0. The van der Waals surface area contributed by atoms with E-state index in [-0.39, 0.29) is 11.9 Å². The van der Waals surface area contributed by atoms with E-state index in [1.165, 1.54) is 0 Å². The molecule has 0 aromatic carbocycles. The van der Waals surface area contributed by atoms with Crippen molar-refractivity contribution in [2.75, 3.05) is 13.1 Å². The van der Waals surface area contributed by atoms with Crippen LogP contribution in [0.15, 0.2) is 0 Å². The molecule has 0 spiro atoms. The first-order valence-corrected chi connectivity index (χ1v) is 6.72. The highest BCUT2D eigenvalue weighted by Crippen LogP contribution is 2.35. The zero-order valence-corrected chi connectivity index (χ0v) is 11.3. The van der Waals surface area contributed by atoms with Gasteiger partial charge in [0.1, 0.15) is 0 Å². The van der Waals surface area contributed by atoms with E-state index in [0.29, 0.717) is 32.4 Å². The number of carboxylic acid groups (broad SMARTS) is 1. The van der Waals surface area contributed by atoms with Crippen LogP contribution in [-0.4, -0.2) is 41.0 Å². The molecule has 104 valence electrons. The fourth-order valence-corrected chi connectivity index (χ4v) is 2.55. The minimum Gasteiger partial charge on any atom is -0.481 e. The van der Waals surface area contributed by atoms with E-state index in [4.69, 9.17) is 5.73 Å². The van der Waals surface area contributed by atoms with Crippen LogP contribution in [0.1, 0.15) is 46.0 Å². The highest BCUT2D eigenvalue weighted by Gasteiger charge is 2.45. The smallest absolute Gasteiger partial charge is 0.311 e. The highest BCUT2D eigenvalue weighted by molar-refractivity contribution is 5.81. The topological polar surface area (TPSA) is 83.6 Å². The molecule has 0 saturated carbocycles. The first-order valence-electron chi connectivity index (χ1n) is 6.72. The molecule has 2 atom stereocenters. The number of nitrogens with zero attached hydrogens (tertiary/aromatic N) is 1. The van der Waals surface area contributed by atoms with Gasteiger partial charge in [0.25, 0.3) is 0 Å². The molecule has 5 heteroatoms. The van der Waals surface area contributed by atoms with Gasteiger partial charge in [0.2, 0.25) is 5.91 Å². The van der Waals surface area contributed by atoms with E-state index < -0.39 is 11.4 Å². The molecular weight excluding hydrogens is 232 g/mol. The first kappa shape index (κ1) is 15.0. The molecule has 1 aliphatic heterocycles. The van der Waals surface area contributed by atoms with Crippen LogP contribution in [0.2, 0.25) is 0 Å². The van der Waals surface area contributed by atoms with Gasteiger partial charge in [-0.25, -0.2) is 0 Å². The van der Waals surface area contributed by atoms with Crippen LogP contribution in [0.4, 0.5) is 0 Å². The average Bonchev–Trinajstić information content (AvgIpc) is 2.75. The lowest BCUT2D eigenvalue weighted by atomic mass is 9.83. The standard InChI is InChI=1S/C13H24N2O3/c1-3-5-13(12(17)18)6-7-15(9-13)11(16)8-10(14)4-2/h10H,3-9,14H2,1-2H3,(H,17,18). The van der Waals surface area contributed by atoms with Gasteiger partial charge in [-0.2, -0.15) is 0 Å². The maximum atomic E-state index is 12.0. The molecule has 0 aliphatic carbocycles. The van der Waals surface area contributed by atoms with E-state index in [0.717, 1.165) is 12.8 Å². The molecule has 3 N–H and O–H groups in total. The number of carbonyl (C=O) groups is 2. The number of aliphatic carboxylic acids is 1. The van der Waals surface area contributed by atoms with Crippen LogP contribution in [0.3, 0.4) is 0 Å². The van der Waals surface area contributed by atoms with Crippen molar-refractivity contribution in [3.05, 3.63) is 0 Å². The molecule has 1 saturated heterocycles. The van der Waals surface area contributed by atoms with Gasteiger partial charge >= 0.3 is 5.97 Å². The summed E-state index contributed by atoms with van der Waals surface area (Å²) in [6.45, 7) is 4.80. The molecule has 2 unspecified atom stereocenters. The molecule has 5 nitrogen and oxygen atoms in total. The second-order valence-corrected chi connectivity index (χ2v) is 5.27. The van der Waals surface area contributed by atoms with Crippen molar-refractivity contribution in [3.8, 4) is 0 Å². The van der Waals surface area contributed by atoms with Crippen molar-refractivity contribution in [1.82, 2.24) is 4.90 Å². The Labute approximate surface area is 108 Å². The largest absolute Gasteiger partial charge is 0.481 e. The lowest BCUT2D eigenvalue weighted by molar-refractivity contribution is -0.149. The molecule has 1 amide bonds. The summed E-state index contributed by atoms with van der Waals surface area (Å²) in [5, 5.41) is 9.36. The lowest BCUT2D eigenvalue weighted by Crippen LogP contribution is -2.38. The number of rotatable bonds is 6. The van der Waals surface area contributed by atoms with E-state index >= 15 is 0 Å². The van der Waals surface area contributed by atoms with Crippen molar-refractivity contribution in [2.24, 2.45) is 11.1 Å². The molecular formula is C13H24N2O3. The Morgan fingerprint density at radius 1 is 1.44 bits per heavy atom. The molecule has 1 heterocycles. The number of amides is 1. The fourth-order valence-electron chi connectivity index (χ4n) is 2.55. The van der Waals surface area contributed by atoms with E-state index in [9.17, 15) is 14.7 Å². The van der Waals surface area contributed by atoms with Crippen LogP contribution in [-0.2, 0) is 9.59 Å². The molecule has 1 fully saturated rings. The Kier molecular flexibility index (Phi) is 5.14. The maximum Gasteiger partial charge on any atom is 0.311 e. The number of carboxylic acids is 1. The summed E-state index contributed by atoms with van der Waals surface area (Å²) in [6, 6.07) is -0.122. The molecule has 0 radical (unpaired) electrons. The third kappa shape index (κ3) is 3.22. The van der Waals surface area contributed by atoms with Gasteiger partial charge in [0, 0.05) is 25.6 Å². The normalized spacial score (nSPS) is 25.2. The minimum absolute atomic E-state index is 0.0106. The predicted octanol–water partition coefficient (Wildman–Crippen LogP) is 1.22. The van der Waals surface area contributed by atoms with Gasteiger partial charge in [-0.3, -0.25) is 9.59 Å². The van der Waals surface area contributed by atoms with Crippen molar-refractivity contribution >= 4 is 11.9 Å². The van der Waals surface area contributed by atoms with Gasteiger partial charge in [-0.15, -0.1) is 0 Å².